The molecule has 1 N–H and O–H groups in total. The summed E-state index contributed by atoms with van der Waals surface area (Å²) in [6.45, 7) is 7.16. The average molecular weight is 533 g/mol. The van der Waals surface area contributed by atoms with Gasteiger partial charge < -0.3 is 19.2 Å². The van der Waals surface area contributed by atoms with Gasteiger partial charge in [-0.2, -0.15) is 0 Å². The zero-order valence-electron chi connectivity index (χ0n) is 23.1. The Morgan fingerprint density at radius 2 is 1.95 bits per heavy atom. The average Bonchev–Trinajstić information content (AvgIpc) is 3.60. The number of hydrogen-bond donors (Lipinski definition) is 1. The molecule has 1 atom stereocenters. The first-order valence-corrected chi connectivity index (χ1v) is 13.4. The number of pyridine rings is 1. The van der Waals surface area contributed by atoms with Crippen molar-refractivity contribution >= 4 is 10.9 Å². The highest BCUT2D eigenvalue weighted by molar-refractivity contribution is 5.83. The zero-order valence-corrected chi connectivity index (χ0v) is 23.1. The second-order valence-electron chi connectivity index (χ2n) is 10.2. The molecular weight excluding hydrogens is 496 g/mol. The van der Waals surface area contributed by atoms with E-state index in [-0.39, 0.29) is 11.7 Å². The smallest absolute Gasteiger partial charge is 0.252 e. The van der Waals surface area contributed by atoms with Gasteiger partial charge in [0.15, 0.2) is 17.3 Å². The number of aryl methyl sites for hydroxylation is 2. The predicted molar refractivity (Wildman–Crippen MR) is 148 cm³/mol. The summed E-state index contributed by atoms with van der Waals surface area (Å²) in [6, 6.07) is 12.1. The number of aromatic amines is 1. The molecule has 0 spiro atoms. The fourth-order valence-corrected chi connectivity index (χ4v) is 5.27. The van der Waals surface area contributed by atoms with Crippen LogP contribution in [0.15, 0.2) is 41.2 Å². The maximum Gasteiger partial charge on any atom is 0.252 e. The molecule has 4 aromatic rings. The van der Waals surface area contributed by atoms with E-state index in [0.29, 0.717) is 43.2 Å². The molecular formula is C29H36N6O4. The highest BCUT2D eigenvalue weighted by atomic mass is 16.5. The molecule has 39 heavy (non-hydrogen) atoms. The monoisotopic (exact) mass is 532 g/mol. The molecule has 0 unspecified atom stereocenters. The Balaban J connectivity index is 1.41. The summed E-state index contributed by atoms with van der Waals surface area (Å²) in [5.41, 5.74) is 4.86. The second-order valence-corrected chi connectivity index (χ2v) is 10.2. The predicted octanol–water partition coefficient (Wildman–Crippen LogP) is 3.57. The Morgan fingerprint density at radius 1 is 1.10 bits per heavy atom. The van der Waals surface area contributed by atoms with Gasteiger partial charge in [-0.1, -0.05) is 12.1 Å². The first-order chi connectivity index (χ1) is 18.9. The van der Waals surface area contributed by atoms with Crippen LogP contribution in [0, 0.1) is 13.8 Å². The van der Waals surface area contributed by atoms with Crippen LogP contribution in [0.5, 0.6) is 11.5 Å². The minimum absolute atomic E-state index is 0.0810. The highest BCUT2D eigenvalue weighted by Crippen LogP contribution is 2.28. The van der Waals surface area contributed by atoms with E-state index in [2.05, 4.69) is 38.4 Å². The van der Waals surface area contributed by atoms with E-state index in [1.165, 1.54) is 0 Å². The largest absolute Gasteiger partial charge is 0.493 e. The molecule has 0 bridgehead atoms. The van der Waals surface area contributed by atoms with Crippen LogP contribution < -0.4 is 15.0 Å². The summed E-state index contributed by atoms with van der Waals surface area (Å²) in [7, 11) is 3.27. The van der Waals surface area contributed by atoms with Gasteiger partial charge in [0, 0.05) is 36.2 Å². The maximum absolute atomic E-state index is 13.1. The lowest BCUT2D eigenvalue weighted by Crippen LogP contribution is -2.30. The van der Waals surface area contributed by atoms with Gasteiger partial charge in [-0.15, -0.1) is 5.10 Å². The van der Waals surface area contributed by atoms with Crippen LogP contribution in [0.2, 0.25) is 0 Å². The van der Waals surface area contributed by atoms with Crippen LogP contribution in [0.4, 0.5) is 0 Å². The second kappa shape index (κ2) is 12.0. The van der Waals surface area contributed by atoms with Crippen LogP contribution >= 0.6 is 0 Å². The van der Waals surface area contributed by atoms with Gasteiger partial charge in [0.1, 0.15) is 0 Å². The van der Waals surface area contributed by atoms with Gasteiger partial charge in [-0.3, -0.25) is 9.69 Å². The summed E-state index contributed by atoms with van der Waals surface area (Å²) in [4.78, 5) is 18.5. The Hall–Kier alpha value is -3.76. The summed E-state index contributed by atoms with van der Waals surface area (Å²) in [5, 5.41) is 13.6. The number of tetrazole rings is 1. The number of H-pyrrole nitrogens is 1. The fourth-order valence-electron chi connectivity index (χ4n) is 5.27. The molecule has 0 amide bonds. The van der Waals surface area contributed by atoms with Crippen molar-refractivity contribution < 1.29 is 14.2 Å². The third-order valence-corrected chi connectivity index (χ3v) is 7.32. The molecule has 0 radical (unpaired) electrons. The van der Waals surface area contributed by atoms with Crippen molar-refractivity contribution in [3.63, 3.8) is 0 Å². The normalized spacial score (nSPS) is 15.4. The molecule has 1 saturated heterocycles. The molecule has 1 fully saturated rings. The molecule has 1 aliphatic rings. The number of nitrogens with one attached hydrogen (secondary N) is 1. The molecule has 3 heterocycles. The lowest BCUT2D eigenvalue weighted by atomic mass is 10.0. The van der Waals surface area contributed by atoms with Crippen molar-refractivity contribution in [2.24, 2.45) is 0 Å². The van der Waals surface area contributed by atoms with Gasteiger partial charge in [-0.05, 0) is 84.5 Å². The molecule has 0 saturated carbocycles. The molecule has 1 aliphatic heterocycles. The van der Waals surface area contributed by atoms with Crippen molar-refractivity contribution in [1.29, 1.82) is 0 Å². The number of methoxy groups -OCH3 is 2. The number of nitrogens with zero attached hydrogens (tertiary/aromatic N) is 5. The van der Waals surface area contributed by atoms with Crippen LogP contribution in [-0.4, -0.2) is 63.6 Å². The van der Waals surface area contributed by atoms with Crippen LogP contribution in [-0.2, 0) is 30.8 Å². The minimum atomic E-state index is -0.0810. The van der Waals surface area contributed by atoms with E-state index in [0.717, 1.165) is 59.3 Å². The summed E-state index contributed by atoms with van der Waals surface area (Å²) in [5.74, 6) is 2.14. The van der Waals surface area contributed by atoms with Crippen molar-refractivity contribution in [2.75, 3.05) is 27.4 Å². The number of benzene rings is 2. The Labute approximate surface area is 227 Å². The number of hydrogen-bond acceptors (Lipinski definition) is 8. The van der Waals surface area contributed by atoms with E-state index < -0.39 is 0 Å². The molecule has 10 heteroatoms. The molecule has 2 aromatic heterocycles. The van der Waals surface area contributed by atoms with E-state index in [9.17, 15) is 4.79 Å². The van der Waals surface area contributed by atoms with E-state index in [4.69, 9.17) is 14.2 Å². The topological polar surface area (TPSA) is 107 Å². The van der Waals surface area contributed by atoms with Gasteiger partial charge in [0.25, 0.3) is 5.56 Å². The molecule has 206 valence electrons. The number of ether oxygens (including phenoxy) is 3. The van der Waals surface area contributed by atoms with E-state index >= 15 is 0 Å². The molecule has 5 rings (SSSR count). The van der Waals surface area contributed by atoms with Gasteiger partial charge in [0.2, 0.25) is 0 Å². The Morgan fingerprint density at radius 3 is 2.72 bits per heavy atom. The van der Waals surface area contributed by atoms with Gasteiger partial charge in [-0.25, -0.2) is 4.68 Å². The molecule has 10 nitrogen and oxygen atoms in total. The van der Waals surface area contributed by atoms with Crippen molar-refractivity contribution in [1.82, 2.24) is 30.1 Å². The first kappa shape index (κ1) is 26.8. The zero-order chi connectivity index (χ0) is 27.4. The lowest BCUT2D eigenvalue weighted by molar-refractivity contribution is 0.0916. The summed E-state index contributed by atoms with van der Waals surface area (Å²) < 4.78 is 18.5. The maximum atomic E-state index is 13.1. The molecule has 0 aliphatic carbocycles. The van der Waals surface area contributed by atoms with Gasteiger partial charge >= 0.3 is 0 Å². The Kier molecular flexibility index (Phi) is 8.23. The number of rotatable bonds is 11. The van der Waals surface area contributed by atoms with Crippen LogP contribution in [0.1, 0.15) is 40.9 Å². The molecule has 2 aromatic carbocycles. The number of fused-ring (bicyclic) bond motifs is 1. The van der Waals surface area contributed by atoms with Crippen molar-refractivity contribution in [3.8, 4) is 11.5 Å². The van der Waals surface area contributed by atoms with E-state index in [1.807, 2.05) is 41.9 Å². The first-order valence-electron chi connectivity index (χ1n) is 13.4. The Bertz CT molecular complexity index is 1490. The van der Waals surface area contributed by atoms with Crippen LogP contribution in [0.3, 0.4) is 0 Å². The van der Waals surface area contributed by atoms with Crippen molar-refractivity contribution in [2.45, 2.75) is 58.8 Å². The highest BCUT2D eigenvalue weighted by Gasteiger charge is 2.21. The third-order valence-electron chi connectivity index (χ3n) is 7.32. The van der Waals surface area contributed by atoms with Gasteiger partial charge in [0.05, 0.1) is 33.4 Å². The van der Waals surface area contributed by atoms with Crippen molar-refractivity contribution in [3.05, 3.63) is 74.8 Å². The third kappa shape index (κ3) is 6.29. The lowest BCUT2D eigenvalue weighted by Gasteiger charge is -2.22. The minimum Gasteiger partial charge on any atom is -0.493 e. The standard InChI is InChI=1S/C29H36N6O4/c1-19-12-20(2)24-15-22(29(36)30-25(24)13-19)16-34(10-9-21-7-8-26(37-3)27(14-21)38-4)18-28-31-32-33-35(28)17-23-6-5-11-39-23/h7-8,12-15,23H,5-6,9-11,16-18H2,1-4H3,(H,30,36)/t23-/m0/s1. The quantitative estimate of drug-likeness (QED) is 0.312. The number of aromatic nitrogens is 5. The SMILES string of the molecule is COc1ccc(CCN(Cc2cc3c(C)cc(C)cc3[nH]c2=O)Cc2nnnn2C[C@@H]2CCCO2)cc1OC. The summed E-state index contributed by atoms with van der Waals surface area (Å²) >= 11 is 0. The van der Waals surface area contributed by atoms with E-state index in [1.54, 1.807) is 14.2 Å². The van der Waals surface area contributed by atoms with Crippen LogP contribution in [0.25, 0.3) is 10.9 Å². The summed E-state index contributed by atoms with van der Waals surface area (Å²) in [6.07, 6.45) is 2.94. The fraction of sp³-hybridized carbons (Fsp3) is 0.448.